The molecular formula is C13H14ClN3O6. The SMILES string of the molecule is CCNC(=O)NC(=O)C(C)OC(=O)c1ccc(Cl)cc1[N+](=O)[O-]. The van der Waals surface area contributed by atoms with Crippen molar-refractivity contribution in [3.8, 4) is 0 Å². The Hall–Kier alpha value is -2.68. The van der Waals surface area contributed by atoms with E-state index in [-0.39, 0.29) is 10.6 Å². The fourth-order valence-corrected chi connectivity index (χ4v) is 1.69. The largest absolute Gasteiger partial charge is 0.449 e. The zero-order chi connectivity index (χ0) is 17.6. The molecule has 0 fully saturated rings. The van der Waals surface area contributed by atoms with E-state index in [4.69, 9.17) is 16.3 Å². The van der Waals surface area contributed by atoms with Crippen molar-refractivity contribution in [2.75, 3.05) is 6.54 Å². The van der Waals surface area contributed by atoms with E-state index < -0.39 is 34.6 Å². The Balaban J connectivity index is 2.81. The summed E-state index contributed by atoms with van der Waals surface area (Å²) in [4.78, 5) is 45.0. The highest BCUT2D eigenvalue weighted by atomic mass is 35.5. The van der Waals surface area contributed by atoms with E-state index >= 15 is 0 Å². The summed E-state index contributed by atoms with van der Waals surface area (Å²) in [5, 5.41) is 15.3. The van der Waals surface area contributed by atoms with Crippen molar-refractivity contribution in [2.45, 2.75) is 20.0 Å². The first-order chi connectivity index (χ1) is 10.8. The fraction of sp³-hybridized carbons (Fsp3) is 0.308. The number of rotatable bonds is 5. The van der Waals surface area contributed by atoms with Gasteiger partial charge >= 0.3 is 12.0 Å². The smallest absolute Gasteiger partial charge is 0.345 e. The molecule has 0 aliphatic carbocycles. The normalized spacial score (nSPS) is 11.3. The van der Waals surface area contributed by atoms with Gasteiger partial charge in [-0.1, -0.05) is 11.6 Å². The predicted molar refractivity (Wildman–Crippen MR) is 80.2 cm³/mol. The van der Waals surface area contributed by atoms with Crippen LogP contribution in [0.4, 0.5) is 10.5 Å². The Morgan fingerprint density at radius 1 is 1.39 bits per heavy atom. The number of hydrogen-bond donors (Lipinski definition) is 2. The third kappa shape index (κ3) is 5.22. The quantitative estimate of drug-likeness (QED) is 0.475. The number of amides is 3. The van der Waals surface area contributed by atoms with Crippen molar-refractivity contribution in [2.24, 2.45) is 0 Å². The summed E-state index contributed by atoms with van der Waals surface area (Å²) < 4.78 is 4.83. The number of carbonyl (C=O) groups excluding carboxylic acids is 3. The molecule has 0 saturated carbocycles. The Bertz CT molecular complexity index is 649. The second-order valence-electron chi connectivity index (χ2n) is 4.31. The molecule has 1 aromatic rings. The number of nitrogens with zero attached hydrogens (tertiary/aromatic N) is 1. The van der Waals surface area contributed by atoms with Crippen LogP contribution in [-0.2, 0) is 9.53 Å². The highest BCUT2D eigenvalue weighted by Crippen LogP contribution is 2.24. The molecule has 2 N–H and O–H groups in total. The lowest BCUT2D eigenvalue weighted by atomic mass is 10.2. The molecule has 10 heteroatoms. The molecule has 0 aliphatic rings. The maximum atomic E-state index is 12.0. The average Bonchev–Trinajstić information content (AvgIpc) is 2.46. The fourth-order valence-electron chi connectivity index (χ4n) is 1.52. The summed E-state index contributed by atoms with van der Waals surface area (Å²) in [6.45, 7) is 3.20. The molecule has 0 heterocycles. The number of esters is 1. The summed E-state index contributed by atoms with van der Waals surface area (Å²) in [7, 11) is 0. The van der Waals surface area contributed by atoms with Gasteiger partial charge in [-0.15, -0.1) is 0 Å². The van der Waals surface area contributed by atoms with Crippen LogP contribution in [0.25, 0.3) is 0 Å². The van der Waals surface area contributed by atoms with Crippen LogP contribution in [0.3, 0.4) is 0 Å². The van der Waals surface area contributed by atoms with E-state index in [1.165, 1.54) is 13.0 Å². The highest BCUT2D eigenvalue weighted by Gasteiger charge is 2.26. The second-order valence-corrected chi connectivity index (χ2v) is 4.75. The van der Waals surface area contributed by atoms with Crippen molar-refractivity contribution in [3.05, 3.63) is 38.9 Å². The van der Waals surface area contributed by atoms with Crippen LogP contribution in [0, 0.1) is 10.1 Å². The molecule has 3 amide bonds. The van der Waals surface area contributed by atoms with Crippen molar-refractivity contribution < 1.29 is 24.0 Å². The second kappa shape index (κ2) is 8.08. The van der Waals surface area contributed by atoms with E-state index in [2.05, 4.69) is 5.32 Å². The molecule has 9 nitrogen and oxygen atoms in total. The van der Waals surface area contributed by atoms with E-state index in [0.717, 1.165) is 12.1 Å². The van der Waals surface area contributed by atoms with Gasteiger partial charge in [0.15, 0.2) is 6.10 Å². The van der Waals surface area contributed by atoms with Gasteiger partial charge in [-0.3, -0.25) is 20.2 Å². The van der Waals surface area contributed by atoms with E-state index in [0.29, 0.717) is 6.54 Å². The molecule has 1 aromatic carbocycles. The summed E-state index contributed by atoms with van der Waals surface area (Å²) in [6.07, 6.45) is -1.32. The number of urea groups is 1. The molecule has 23 heavy (non-hydrogen) atoms. The molecule has 1 rings (SSSR count). The molecule has 0 saturated heterocycles. The first kappa shape index (κ1) is 18.4. The van der Waals surface area contributed by atoms with Gasteiger partial charge < -0.3 is 10.1 Å². The van der Waals surface area contributed by atoms with E-state index in [1.807, 2.05) is 5.32 Å². The molecule has 0 spiro atoms. The van der Waals surface area contributed by atoms with Crippen molar-refractivity contribution in [1.82, 2.24) is 10.6 Å². The predicted octanol–water partition coefficient (Wildman–Crippen LogP) is 1.64. The average molecular weight is 344 g/mol. The van der Waals surface area contributed by atoms with Gasteiger partial charge in [0, 0.05) is 17.6 Å². The van der Waals surface area contributed by atoms with Gasteiger partial charge in [0.25, 0.3) is 11.6 Å². The zero-order valence-electron chi connectivity index (χ0n) is 12.3. The summed E-state index contributed by atoms with van der Waals surface area (Å²) in [6, 6.07) is 2.66. The van der Waals surface area contributed by atoms with Gasteiger partial charge in [0.2, 0.25) is 0 Å². The number of carbonyl (C=O) groups is 3. The Morgan fingerprint density at radius 3 is 2.61 bits per heavy atom. The lowest BCUT2D eigenvalue weighted by molar-refractivity contribution is -0.385. The summed E-state index contributed by atoms with van der Waals surface area (Å²) >= 11 is 5.64. The Kier molecular flexibility index (Phi) is 6.46. The number of hydrogen-bond acceptors (Lipinski definition) is 6. The van der Waals surface area contributed by atoms with Gasteiger partial charge in [0.05, 0.1) is 4.92 Å². The molecule has 1 unspecified atom stereocenters. The summed E-state index contributed by atoms with van der Waals surface area (Å²) in [5.74, 6) is -1.94. The minimum Gasteiger partial charge on any atom is -0.449 e. The maximum Gasteiger partial charge on any atom is 0.345 e. The molecule has 124 valence electrons. The topological polar surface area (TPSA) is 128 Å². The lowest BCUT2D eigenvalue weighted by Crippen LogP contribution is -2.44. The van der Waals surface area contributed by atoms with Gasteiger partial charge in [-0.2, -0.15) is 0 Å². The van der Waals surface area contributed by atoms with Gasteiger partial charge in [-0.05, 0) is 26.0 Å². The molecule has 0 bridgehead atoms. The molecule has 1 atom stereocenters. The molecule has 0 radical (unpaired) electrons. The van der Waals surface area contributed by atoms with Crippen LogP contribution in [0.1, 0.15) is 24.2 Å². The number of halogens is 1. The number of ether oxygens (including phenoxy) is 1. The van der Waals surface area contributed by atoms with Gasteiger partial charge in [-0.25, -0.2) is 9.59 Å². The van der Waals surface area contributed by atoms with Crippen LogP contribution in [0.5, 0.6) is 0 Å². The van der Waals surface area contributed by atoms with Crippen LogP contribution < -0.4 is 10.6 Å². The number of imide groups is 1. The molecule has 0 aromatic heterocycles. The zero-order valence-corrected chi connectivity index (χ0v) is 13.0. The first-order valence-electron chi connectivity index (χ1n) is 6.49. The first-order valence-corrected chi connectivity index (χ1v) is 6.87. The number of benzene rings is 1. The van der Waals surface area contributed by atoms with Crippen LogP contribution >= 0.6 is 11.6 Å². The number of nitrogens with one attached hydrogen (secondary N) is 2. The third-order valence-corrected chi connectivity index (χ3v) is 2.84. The van der Waals surface area contributed by atoms with Crippen molar-refractivity contribution in [1.29, 1.82) is 0 Å². The maximum absolute atomic E-state index is 12.0. The van der Waals surface area contributed by atoms with Crippen LogP contribution in [-0.4, -0.2) is 35.5 Å². The number of nitro benzene ring substituents is 1. The van der Waals surface area contributed by atoms with Crippen molar-refractivity contribution >= 4 is 35.2 Å². The highest BCUT2D eigenvalue weighted by molar-refractivity contribution is 6.31. The van der Waals surface area contributed by atoms with Gasteiger partial charge in [0.1, 0.15) is 5.56 Å². The minimum absolute atomic E-state index is 0.0790. The van der Waals surface area contributed by atoms with Crippen LogP contribution in [0.2, 0.25) is 5.02 Å². The monoisotopic (exact) mass is 343 g/mol. The Morgan fingerprint density at radius 2 is 2.04 bits per heavy atom. The third-order valence-electron chi connectivity index (χ3n) is 2.60. The van der Waals surface area contributed by atoms with Crippen LogP contribution in [0.15, 0.2) is 18.2 Å². The van der Waals surface area contributed by atoms with E-state index in [9.17, 15) is 24.5 Å². The molecule has 0 aliphatic heterocycles. The Labute approximate surface area is 136 Å². The van der Waals surface area contributed by atoms with E-state index in [1.54, 1.807) is 6.92 Å². The summed E-state index contributed by atoms with van der Waals surface area (Å²) in [5.41, 5.74) is -0.893. The van der Waals surface area contributed by atoms with Crippen molar-refractivity contribution in [3.63, 3.8) is 0 Å². The molecular weight excluding hydrogens is 330 g/mol. The number of nitro groups is 1. The standard InChI is InChI=1S/C13H14ClN3O6/c1-3-15-13(20)16-11(18)7(2)23-12(19)9-5-4-8(14)6-10(9)17(21)22/h4-7H,3H2,1-2H3,(H2,15,16,18,20). The lowest BCUT2D eigenvalue weighted by Gasteiger charge is -2.13. The minimum atomic E-state index is -1.32.